The quantitative estimate of drug-likeness (QED) is 0.805. The maximum absolute atomic E-state index is 13.3. The number of nitrogens with one attached hydrogen (secondary N) is 1. The van der Waals surface area contributed by atoms with E-state index in [1.54, 1.807) is 23.9 Å². The highest BCUT2D eigenvalue weighted by atomic mass is 32.2. The lowest BCUT2D eigenvalue weighted by Crippen LogP contribution is -2.30. The average molecular weight is 243 g/mol. The van der Waals surface area contributed by atoms with Crippen molar-refractivity contribution in [1.29, 1.82) is 0 Å². The molecule has 1 aromatic rings. The van der Waals surface area contributed by atoms with Gasteiger partial charge in [-0.3, -0.25) is 0 Å². The van der Waals surface area contributed by atoms with Gasteiger partial charge in [0, 0.05) is 0 Å². The van der Waals surface area contributed by atoms with Gasteiger partial charge in [-0.15, -0.1) is 0 Å². The highest BCUT2D eigenvalue weighted by Crippen LogP contribution is 2.15. The monoisotopic (exact) mass is 243 g/mol. The van der Waals surface area contributed by atoms with Crippen LogP contribution in [0.4, 0.5) is 10.1 Å². The number of carboxylic acids is 1. The molecule has 0 saturated carbocycles. The van der Waals surface area contributed by atoms with Crippen LogP contribution >= 0.6 is 11.8 Å². The van der Waals surface area contributed by atoms with Gasteiger partial charge >= 0.3 is 5.97 Å². The predicted octanol–water partition coefficient (Wildman–Crippen LogP) is 2.44. The number of aliphatic carboxylic acids is 1. The smallest absolute Gasteiger partial charge is 0.326 e. The second-order valence-corrected chi connectivity index (χ2v) is 4.28. The van der Waals surface area contributed by atoms with E-state index in [4.69, 9.17) is 5.11 Å². The number of carboxylic acid groups (broad SMARTS) is 1. The predicted molar refractivity (Wildman–Crippen MR) is 64.4 cm³/mol. The number of hydrogen-bond acceptors (Lipinski definition) is 3. The summed E-state index contributed by atoms with van der Waals surface area (Å²) < 4.78 is 13.3. The van der Waals surface area contributed by atoms with E-state index >= 15 is 0 Å². The summed E-state index contributed by atoms with van der Waals surface area (Å²) in [7, 11) is 0. The molecule has 3 nitrogen and oxygen atoms in total. The zero-order valence-electron chi connectivity index (χ0n) is 8.94. The Labute approximate surface area is 98.1 Å². The number of para-hydroxylation sites is 1. The second-order valence-electron chi connectivity index (χ2n) is 3.30. The fourth-order valence-electron chi connectivity index (χ4n) is 1.26. The first kappa shape index (κ1) is 12.8. The van der Waals surface area contributed by atoms with Gasteiger partial charge < -0.3 is 10.4 Å². The molecule has 2 N–H and O–H groups in total. The van der Waals surface area contributed by atoms with Crippen LogP contribution in [0.25, 0.3) is 0 Å². The van der Waals surface area contributed by atoms with E-state index in [1.807, 2.05) is 6.26 Å². The van der Waals surface area contributed by atoms with Crippen molar-refractivity contribution < 1.29 is 14.3 Å². The van der Waals surface area contributed by atoms with Gasteiger partial charge in [0.2, 0.25) is 0 Å². The Morgan fingerprint density at radius 3 is 2.81 bits per heavy atom. The van der Waals surface area contributed by atoms with E-state index in [2.05, 4.69) is 5.32 Å². The third-order valence-electron chi connectivity index (χ3n) is 2.11. The maximum Gasteiger partial charge on any atom is 0.326 e. The number of carbonyl (C=O) groups is 1. The van der Waals surface area contributed by atoms with E-state index in [9.17, 15) is 9.18 Å². The van der Waals surface area contributed by atoms with Gasteiger partial charge in [-0.1, -0.05) is 12.1 Å². The first-order valence-electron chi connectivity index (χ1n) is 4.88. The molecule has 0 aromatic heterocycles. The van der Waals surface area contributed by atoms with Crippen LogP contribution in [-0.2, 0) is 4.79 Å². The van der Waals surface area contributed by atoms with Crippen molar-refractivity contribution in [3.8, 4) is 0 Å². The largest absolute Gasteiger partial charge is 0.480 e. The van der Waals surface area contributed by atoms with Gasteiger partial charge in [-0.25, -0.2) is 9.18 Å². The minimum atomic E-state index is -0.961. The molecule has 1 rings (SSSR count). The lowest BCUT2D eigenvalue weighted by atomic mass is 10.2. The molecule has 0 aliphatic carbocycles. The molecule has 5 heteroatoms. The molecule has 1 unspecified atom stereocenters. The van der Waals surface area contributed by atoms with Crippen LogP contribution < -0.4 is 5.32 Å². The van der Waals surface area contributed by atoms with Gasteiger partial charge in [0.1, 0.15) is 11.9 Å². The average Bonchev–Trinajstić information content (AvgIpc) is 2.26. The normalized spacial score (nSPS) is 12.1. The Morgan fingerprint density at radius 2 is 2.25 bits per heavy atom. The molecule has 0 fully saturated rings. The molecule has 0 aliphatic rings. The first-order chi connectivity index (χ1) is 7.65. The molecule has 1 aromatic carbocycles. The Balaban J connectivity index is 2.68. The highest BCUT2D eigenvalue weighted by Gasteiger charge is 2.17. The molecule has 0 bridgehead atoms. The summed E-state index contributed by atoms with van der Waals surface area (Å²) in [4.78, 5) is 10.9. The van der Waals surface area contributed by atoms with Gasteiger partial charge in [0.05, 0.1) is 5.69 Å². The van der Waals surface area contributed by atoms with Crippen molar-refractivity contribution in [3.05, 3.63) is 30.1 Å². The lowest BCUT2D eigenvalue weighted by molar-refractivity contribution is -0.137. The van der Waals surface area contributed by atoms with Crippen molar-refractivity contribution >= 4 is 23.4 Å². The molecule has 0 saturated heterocycles. The molecular formula is C11H14FNO2S. The molecule has 0 radical (unpaired) electrons. The summed E-state index contributed by atoms with van der Waals surface area (Å²) in [6, 6.07) is 5.32. The van der Waals surface area contributed by atoms with Crippen molar-refractivity contribution in [2.24, 2.45) is 0 Å². The van der Waals surface area contributed by atoms with Crippen molar-refractivity contribution in [2.45, 2.75) is 12.5 Å². The number of thioether (sulfide) groups is 1. The summed E-state index contributed by atoms with van der Waals surface area (Å²) in [6.45, 7) is 0. The zero-order valence-corrected chi connectivity index (χ0v) is 9.76. The van der Waals surface area contributed by atoms with E-state index in [0.29, 0.717) is 6.42 Å². The Hall–Kier alpha value is -1.23. The van der Waals surface area contributed by atoms with Crippen LogP contribution in [0.5, 0.6) is 0 Å². The van der Waals surface area contributed by atoms with Crippen molar-refractivity contribution in [2.75, 3.05) is 17.3 Å². The number of anilines is 1. The molecule has 0 heterocycles. The molecule has 88 valence electrons. The third kappa shape index (κ3) is 3.73. The molecule has 16 heavy (non-hydrogen) atoms. The Bertz CT molecular complexity index is 360. The number of halogens is 1. The minimum Gasteiger partial charge on any atom is -0.480 e. The van der Waals surface area contributed by atoms with Crippen molar-refractivity contribution in [1.82, 2.24) is 0 Å². The fraction of sp³-hybridized carbons (Fsp3) is 0.364. The van der Waals surface area contributed by atoms with Crippen LogP contribution in [0.1, 0.15) is 6.42 Å². The summed E-state index contributed by atoms with van der Waals surface area (Å²) in [5.41, 5.74) is 0.232. The number of rotatable bonds is 6. The van der Waals surface area contributed by atoms with Crippen molar-refractivity contribution in [3.63, 3.8) is 0 Å². The van der Waals surface area contributed by atoms with Gasteiger partial charge in [0.25, 0.3) is 0 Å². The summed E-state index contributed by atoms with van der Waals surface area (Å²) >= 11 is 1.57. The van der Waals surface area contributed by atoms with Crippen LogP contribution in [0.15, 0.2) is 24.3 Å². The zero-order chi connectivity index (χ0) is 12.0. The van der Waals surface area contributed by atoms with E-state index < -0.39 is 17.8 Å². The summed E-state index contributed by atoms with van der Waals surface area (Å²) in [5, 5.41) is 11.7. The molecule has 0 amide bonds. The van der Waals surface area contributed by atoms with Gasteiger partial charge in [-0.05, 0) is 30.6 Å². The second kappa shape index (κ2) is 6.37. The SMILES string of the molecule is CSCCC(Nc1ccccc1F)C(=O)O. The van der Waals surface area contributed by atoms with E-state index in [0.717, 1.165) is 5.75 Å². The number of benzene rings is 1. The molecular weight excluding hydrogens is 229 g/mol. The Morgan fingerprint density at radius 1 is 1.56 bits per heavy atom. The molecule has 1 atom stereocenters. The van der Waals surface area contributed by atoms with E-state index in [1.165, 1.54) is 12.1 Å². The molecule has 0 aliphatic heterocycles. The van der Waals surface area contributed by atoms with Crippen LogP contribution in [0.3, 0.4) is 0 Å². The standard InChI is InChI=1S/C11H14FNO2S/c1-16-7-6-10(11(14)15)13-9-5-3-2-4-8(9)12/h2-5,10,13H,6-7H2,1H3,(H,14,15). The van der Waals surface area contributed by atoms with Gasteiger partial charge in [0.15, 0.2) is 0 Å². The third-order valence-corrected chi connectivity index (χ3v) is 2.76. The first-order valence-corrected chi connectivity index (χ1v) is 6.27. The summed E-state index contributed by atoms with van der Waals surface area (Å²) in [5.74, 6) is -0.673. The van der Waals surface area contributed by atoms with Gasteiger partial charge in [-0.2, -0.15) is 11.8 Å². The highest BCUT2D eigenvalue weighted by molar-refractivity contribution is 7.98. The van der Waals surface area contributed by atoms with Crippen LogP contribution in [0.2, 0.25) is 0 Å². The minimum absolute atomic E-state index is 0.232. The molecule has 0 spiro atoms. The lowest BCUT2D eigenvalue weighted by Gasteiger charge is -2.15. The van der Waals surface area contributed by atoms with Crippen LogP contribution in [-0.4, -0.2) is 29.1 Å². The summed E-state index contributed by atoms with van der Waals surface area (Å²) in [6.07, 6.45) is 2.37. The topological polar surface area (TPSA) is 49.3 Å². The van der Waals surface area contributed by atoms with E-state index in [-0.39, 0.29) is 5.69 Å². The van der Waals surface area contributed by atoms with Crippen LogP contribution in [0, 0.1) is 5.82 Å². The maximum atomic E-state index is 13.3. The Kier molecular flexibility index (Phi) is 5.11. The fourth-order valence-corrected chi connectivity index (χ4v) is 1.73. The number of hydrogen-bond donors (Lipinski definition) is 2.